The van der Waals surface area contributed by atoms with Crippen LogP contribution in [0.4, 0.5) is 5.69 Å². The number of aromatic nitrogens is 2. The molecule has 2 N–H and O–H groups in total. The van der Waals surface area contributed by atoms with Crippen LogP contribution in [0.1, 0.15) is 34.7 Å². The van der Waals surface area contributed by atoms with Crippen molar-refractivity contribution in [3.63, 3.8) is 0 Å². The van der Waals surface area contributed by atoms with E-state index in [1.165, 1.54) is 5.56 Å². The van der Waals surface area contributed by atoms with Crippen LogP contribution in [-0.4, -0.2) is 60.2 Å². The van der Waals surface area contributed by atoms with Crippen LogP contribution in [0.15, 0.2) is 53.1 Å². The van der Waals surface area contributed by atoms with Gasteiger partial charge in [0.15, 0.2) is 0 Å². The van der Waals surface area contributed by atoms with E-state index in [1.807, 2.05) is 31.2 Å². The van der Waals surface area contributed by atoms with Crippen molar-refractivity contribution in [1.29, 1.82) is 0 Å². The molecular weight excluding hydrogens is 446 g/mol. The minimum atomic E-state index is -0.246. The molecule has 4 rings (SSSR count). The lowest BCUT2D eigenvalue weighted by Crippen LogP contribution is -2.40. The highest BCUT2D eigenvalue weighted by Crippen LogP contribution is 2.23. The van der Waals surface area contributed by atoms with Gasteiger partial charge in [0.05, 0.1) is 30.3 Å². The van der Waals surface area contributed by atoms with Gasteiger partial charge in [-0.3, -0.25) is 14.5 Å². The van der Waals surface area contributed by atoms with Crippen LogP contribution in [0.3, 0.4) is 0 Å². The lowest BCUT2D eigenvalue weighted by Gasteiger charge is -2.31. The molecule has 0 bridgehead atoms. The zero-order chi connectivity index (χ0) is 24.6. The first-order valence-electron chi connectivity index (χ1n) is 11.8. The number of likely N-dealkylation sites (tertiary alicyclic amines) is 1. The van der Waals surface area contributed by atoms with Crippen molar-refractivity contribution in [2.45, 2.75) is 26.3 Å². The second-order valence-electron chi connectivity index (χ2n) is 8.74. The summed E-state index contributed by atoms with van der Waals surface area (Å²) in [4.78, 5) is 32.3. The third kappa shape index (κ3) is 6.52. The molecule has 1 saturated heterocycles. The lowest BCUT2D eigenvalue weighted by atomic mass is 9.96. The fourth-order valence-electron chi connectivity index (χ4n) is 4.13. The quantitative estimate of drug-likeness (QED) is 0.455. The van der Waals surface area contributed by atoms with Crippen LogP contribution in [-0.2, 0) is 16.1 Å². The molecular formula is C26H31N5O4. The van der Waals surface area contributed by atoms with Crippen molar-refractivity contribution in [2.24, 2.45) is 5.92 Å². The van der Waals surface area contributed by atoms with Crippen molar-refractivity contribution in [3.05, 3.63) is 65.5 Å². The topological polar surface area (TPSA) is 110 Å². The second kappa shape index (κ2) is 11.7. The maximum Gasteiger partial charge on any atom is 0.253 e. The van der Waals surface area contributed by atoms with Gasteiger partial charge in [0.2, 0.25) is 17.6 Å². The number of nitrogens with one attached hydrogen (secondary N) is 2. The Labute approximate surface area is 204 Å². The summed E-state index contributed by atoms with van der Waals surface area (Å²) in [6.45, 7) is 4.77. The number of aryl methyl sites for hydroxylation is 1. The highest BCUT2D eigenvalue weighted by molar-refractivity contribution is 6.04. The van der Waals surface area contributed by atoms with Crippen LogP contribution in [0.5, 0.6) is 0 Å². The molecule has 1 aliphatic heterocycles. The van der Waals surface area contributed by atoms with Crippen LogP contribution in [0.2, 0.25) is 0 Å². The summed E-state index contributed by atoms with van der Waals surface area (Å²) in [5.41, 5.74) is 3.01. The van der Waals surface area contributed by atoms with Gasteiger partial charge in [-0.1, -0.05) is 47.1 Å². The van der Waals surface area contributed by atoms with Crippen molar-refractivity contribution < 1.29 is 18.8 Å². The second-order valence-corrected chi connectivity index (χ2v) is 8.74. The van der Waals surface area contributed by atoms with Gasteiger partial charge in [0, 0.05) is 25.8 Å². The van der Waals surface area contributed by atoms with Crippen molar-refractivity contribution in [3.8, 4) is 11.4 Å². The van der Waals surface area contributed by atoms with E-state index in [9.17, 15) is 9.59 Å². The first-order valence-corrected chi connectivity index (χ1v) is 11.8. The van der Waals surface area contributed by atoms with Crippen LogP contribution >= 0.6 is 0 Å². The summed E-state index contributed by atoms with van der Waals surface area (Å²) >= 11 is 0. The lowest BCUT2D eigenvalue weighted by molar-refractivity contribution is -0.121. The molecule has 2 amide bonds. The van der Waals surface area contributed by atoms with E-state index in [2.05, 4.69) is 25.7 Å². The Morgan fingerprint density at radius 1 is 1.17 bits per heavy atom. The third-order valence-corrected chi connectivity index (χ3v) is 6.03. The monoisotopic (exact) mass is 477 g/mol. The van der Waals surface area contributed by atoms with Gasteiger partial charge < -0.3 is 19.9 Å². The smallest absolute Gasteiger partial charge is 0.253 e. The number of nitrogens with zero attached hydrogens (tertiary/aromatic N) is 3. The number of piperidine rings is 1. The molecule has 0 saturated carbocycles. The molecule has 35 heavy (non-hydrogen) atoms. The maximum atomic E-state index is 13.1. The summed E-state index contributed by atoms with van der Waals surface area (Å²) in [6, 6.07) is 15.0. The summed E-state index contributed by atoms with van der Waals surface area (Å²) in [5.74, 6) is 0.543. The van der Waals surface area contributed by atoms with E-state index in [1.54, 1.807) is 31.4 Å². The van der Waals surface area contributed by atoms with Gasteiger partial charge in [-0.25, -0.2) is 0 Å². The zero-order valence-electron chi connectivity index (χ0n) is 20.1. The molecule has 1 fully saturated rings. The Morgan fingerprint density at radius 3 is 2.77 bits per heavy atom. The molecule has 0 radical (unpaired) electrons. The average molecular weight is 478 g/mol. The number of ether oxygens (including phenoxy) is 1. The van der Waals surface area contributed by atoms with Gasteiger partial charge >= 0.3 is 0 Å². The normalized spacial score (nSPS) is 16.1. The van der Waals surface area contributed by atoms with Gasteiger partial charge in [0.1, 0.15) is 0 Å². The van der Waals surface area contributed by atoms with E-state index in [4.69, 9.17) is 9.26 Å². The van der Waals surface area contributed by atoms with Gasteiger partial charge in [-0.05, 0) is 38.4 Å². The Kier molecular flexibility index (Phi) is 8.23. The number of hydrogen-bond acceptors (Lipinski definition) is 7. The fraction of sp³-hybridized carbons (Fsp3) is 0.385. The number of carbonyl (C=O) groups is 2. The minimum Gasteiger partial charge on any atom is -0.383 e. The predicted octanol–water partition coefficient (Wildman–Crippen LogP) is 3.27. The largest absolute Gasteiger partial charge is 0.383 e. The third-order valence-electron chi connectivity index (χ3n) is 6.03. The maximum absolute atomic E-state index is 13.1. The molecule has 0 spiro atoms. The standard InChI is InChI=1S/C26H31N5O4/c1-18-9-11-19(12-10-18)24-29-23(35-30-24)17-31-14-5-6-20(16-31)25(32)28-22-8-4-3-7-21(22)26(33)27-13-15-34-2/h3-4,7-12,20H,5-6,13-17H2,1-2H3,(H,27,33)(H,28,32). The Balaban J connectivity index is 1.35. The zero-order valence-corrected chi connectivity index (χ0v) is 20.1. The van der Waals surface area contributed by atoms with Crippen LogP contribution in [0, 0.1) is 12.8 Å². The molecule has 184 valence electrons. The SMILES string of the molecule is COCCNC(=O)c1ccccc1NC(=O)C1CCCN(Cc2nc(-c3ccc(C)cc3)no2)C1. The molecule has 1 unspecified atom stereocenters. The molecule has 2 heterocycles. The number of methoxy groups -OCH3 is 1. The molecule has 3 aromatic rings. The first kappa shape index (κ1) is 24.6. The fourth-order valence-corrected chi connectivity index (χ4v) is 4.13. The predicted molar refractivity (Wildman–Crippen MR) is 132 cm³/mol. The Hall–Kier alpha value is -3.56. The highest BCUT2D eigenvalue weighted by atomic mass is 16.5. The highest BCUT2D eigenvalue weighted by Gasteiger charge is 2.28. The van der Waals surface area contributed by atoms with E-state index in [-0.39, 0.29) is 17.7 Å². The summed E-state index contributed by atoms with van der Waals surface area (Å²) in [6.07, 6.45) is 1.67. The average Bonchev–Trinajstić information content (AvgIpc) is 3.33. The number of para-hydroxylation sites is 1. The number of amides is 2. The Bertz CT molecular complexity index is 1140. The number of rotatable bonds is 9. The summed E-state index contributed by atoms with van der Waals surface area (Å²) in [7, 11) is 1.58. The number of benzene rings is 2. The molecule has 9 heteroatoms. The number of anilines is 1. The minimum absolute atomic E-state index is 0.0993. The van der Waals surface area contributed by atoms with Gasteiger partial charge in [-0.15, -0.1) is 0 Å². The molecule has 1 aliphatic rings. The van der Waals surface area contributed by atoms with Crippen molar-refractivity contribution in [1.82, 2.24) is 20.4 Å². The van der Waals surface area contributed by atoms with Crippen LogP contribution in [0.25, 0.3) is 11.4 Å². The molecule has 0 aliphatic carbocycles. The van der Waals surface area contributed by atoms with E-state index >= 15 is 0 Å². The van der Waals surface area contributed by atoms with E-state index in [0.717, 1.165) is 24.9 Å². The molecule has 9 nitrogen and oxygen atoms in total. The summed E-state index contributed by atoms with van der Waals surface area (Å²) in [5, 5.41) is 9.86. The van der Waals surface area contributed by atoms with Crippen molar-refractivity contribution >= 4 is 17.5 Å². The Morgan fingerprint density at radius 2 is 1.97 bits per heavy atom. The van der Waals surface area contributed by atoms with Crippen LogP contribution < -0.4 is 10.6 Å². The number of hydrogen-bond donors (Lipinski definition) is 2. The summed E-state index contributed by atoms with van der Waals surface area (Å²) < 4.78 is 10.4. The molecule has 1 aromatic heterocycles. The van der Waals surface area contributed by atoms with Gasteiger partial charge in [-0.2, -0.15) is 4.98 Å². The van der Waals surface area contributed by atoms with Gasteiger partial charge in [0.25, 0.3) is 5.91 Å². The molecule has 1 atom stereocenters. The van der Waals surface area contributed by atoms with E-state index in [0.29, 0.717) is 49.2 Å². The molecule has 2 aromatic carbocycles. The first-order chi connectivity index (χ1) is 17.0. The number of carbonyl (C=O) groups excluding carboxylic acids is 2. The van der Waals surface area contributed by atoms with E-state index < -0.39 is 0 Å². The van der Waals surface area contributed by atoms with Crippen molar-refractivity contribution in [2.75, 3.05) is 38.7 Å².